The summed E-state index contributed by atoms with van der Waals surface area (Å²) in [6.45, 7) is 0.875. The van der Waals surface area contributed by atoms with Crippen molar-refractivity contribution in [2.45, 2.75) is 25.7 Å². The number of hydrogen-bond acceptors (Lipinski definition) is 7. The van der Waals surface area contributed by atoms with Crippen LogP contribution < -0.4 is 11.1 Å². The molecule has 0 aliphatic heterocycles. The maximum Gasteiger partial charge on any atom is 0.258 e. The second-order valence-electron chi connectivity index (χ2n) is 4.69. The lowest BCUT2D eigenvalue weighted by atomic mass is 10.1. The molecule has 0 spiro atoms. The highest BCUT2D eigenvalue weighted by atomic mass is 15.4. The second-order valence-corrected chi connectivity index (χ2v) is 4.69. The Kier molecular flexibility index (Phi) is 3.21. The maximum atomic E-state index is 5.69. The first-order valence-corrected chi connectivity index (χ1v) is 6.42. The smallest absolute Gasteiger partial charge is 0.258 e. The van der Waals surface area contributed by atoms with E-state index in [9.17, 15) is 0 Å². The predicted molar refractivity (Wildman–Crippen MR) is 69.6 cm³/mol. The number of nitrogen functional groups attached to an aromatic ring is 1. The van der Waals surface area contributed by atoms with Gasteiger partial charge in [0.1, 0.15) is 12.7 Å². The summed E-state index contributed by atoms with van der Waals surface area (Å²) in [5.41, 5.74) is 5.69. The van der Waals surface area contributed by atoms with E-state index >= 15 is 0 Å². The van der Waals surface area contributed by atoms with Crippen LogP contribution in [0.1, 0.15) is 25.7 Å². The molecule has 0 bridgehead atoms. The molecule has 0 saturated heterocycles. The van der Waals surface area contributed by atoms with Crippen molar-refractivity contribution >= 4 is 11.9 Å². The van der Waals surface area contributed by atoms with Gasteiger partial charge >= 0.3 is 0 Å². The van der Waals surface area contributed by atoms with Gasteiger partial charge in [0.05, 0.1) is 0 Å². The van der Waals surface area contributed by atoms with Gasteiger partial charge in [0.25, 0.3) is 5.95 Å². The number of nitrogens with zero attached hydrogens (tertiary/aromatic N) is 6. The number of rotatable bonds is 4. The third-order valence-electron chi connectivity index (χ3n) is 3.29. The van der Waals surface area contributed by atoms with E-state index in [-0.39, 0.29) is 5.95 Å². The van der Waals surface area contributed by atoms with Crippen LogP contribution in [-0.4, -0.2) is 36.3 Å². The van der Waals surface area contributed by atoms with E-state index in [0.717, 1.165) is 6.54 Å². The largest absolute Gasteiger partial charge is 0.368 e. The number of anilines is 2. The minimum absolute atomic E-state index is 0.175. The van der Waals surface area contributed by atoms with Gasteiger partial charge < -0.3 is 11.1 Å². The summed E-state index contributed by atoms with van der Waals surface area (Å²) in [5.74, 6) is 1.74. The Bertz CT molecular complexity index is 532. The van der Waals surface area contributed by atoms with E-state index in [0.29, 0.717) is 17.8 Å². The van der Waals surface area contributed by atoms with E-state index in [1.165, 1.54) is 43.0 Å². The Morgan fingerprint density at radius 1 is 1.26 bits per heavy atom. The van der Waals surface area contributed by atoms with E-state index in [2.05, 4.69) is 30.4 Å². The van der Waals surface area contributed by atoms with Gasteiger partial charge in [-0.25, -0.2) is 4.98 Å². The fraction of sp³-hybridized carbons (Fsp3) is 0.545. The van der Waals surface area contributed by atoms with Crippen molar-refractivity contribution in [3.8, 4) is 5.95 Å². The molecule has 8 heteroatoms. The molecule has 0 unspecified atom stereocenters. The molecule has 2 heterocycles. The van der Waals surface area contributed by atoms with Crippen LogP contribution in [0.3, 0.4) is 0 Å². The first kappa shape index (κ1) is 11.8. The first-order chi connectivity index (χ1) is 9.31. The lowest BCUT2D eigenvalue weighted by Crippen LogP contribution is -2.16. The Balaban J connectivity index is 1.74. The Morgan fingerprint density at radius 2 is 2.11 bits per heavy atom. The molecular formula is C11H16N8. The molecule has 0 atom stereocenters. The molecule has 2 aromatic heterocycles. The molecule has 1 saturated carbocycles. The van der Waals surface area contributed by atoms with Crippen molar-refractivity contribution in [3.63, 3.8) is 0 Å². The fourth-order valence-corrected chi connectivity index (χ4v) is 2.32. The van der Waals surface area contributed by atoms with Gasteiger partial charge in [-0.1, -0.05) is 12.8 Å². The normalized spacial score (nSPS) is 15.8. The molecule has 0 radical (unpaired) electrons. The van der Waals surface area contributed by atoms with Gasteiger partial charge in [-0.2, -0.15) is 24.7 Å². The monoisotopic (exact) mass is 260 g/mol. The highest BCUT2D eigenvalue weighted by molar-refractivity contribution is 5.34. The minimum atomic E-state index is 0.175. The highest BCUT2D eigenvalue weighted by Gasteiger charge is 2.15. The lowest BCUT2D eigenvalue weighted by Gasteiger charge is -2.11. The minimum Gasteiger partial charge on any atom is -0.368 e. The van der Waals surface area contributed by atoms with Gasteiger partial charge in [-0.15, -0.1) is 0 Å². The van der Waals surface area contributed by atoms with Gasteiger partial charge in [0.2, 0.25) is 11.9 Å². The summed E-state index contributed by atoms with van der Waals surface area (Å²) in [6.07, 6.45) is 8.11. The summed E-state index contributed by atoms with van der Waals surface area (Å²) in [5, 5.41) is 7.20. The van der Waals surface area contributed by atoms with Gasteiger partial charge in [-0.05, 0) is 18.8 Å². The van der Waals surface area contributed by atoms with Crippen LogP contribution in [0.2, 0.25) is 0 Å². The van der Waals surface area contributed by atoms with Crippen molar-refractivity contribution in [1.82, 2.24) is 29.7 Å². The first-order valence-electron chi connectivity index (χ1n) is 6.42. The molecule has 2 aromatic rings. The van der Waals surface area contributed by atoms with Crippen molar-refractivity contribution in [2.24, 2.45) is 5.92 Å². The van der Waals surface area contributed by atoms with Crippen LogP contribution in [0.5, 0.6) is 0 Å². The molecule has 1 fully saturated rings. The van der Waals surface area contributed by atoms with E-state index in [1.54, 1.807) is 0 Å². The quantitative estimate of drug-likeness (QED) is 0.830. The predicted octanol–water partition coefficient (Wildman–Crippen LogP) is 0.637. The lowest BCUT2D eigenvalue weighted by molar-refractivity contribution is 0.577. The fourth-order valence-electron chi connectivity index (χ4n) is 2.32. The zero-order chi connectivity index (χ0) is 13.1. The molecule has 0 amide bonds. The summed E-state index contributed by atoms with van der Waals surface area (Å²) in [6, 6.07) is 0. The Hall–Kier alpha value is -2.25. The third-order valence-corrected chi connectivity index (χ3v) is 3.29. The van der Waals surface area contributed by atoms with E-state index in [1.807, 2.05) is 0 Å². The molecular weight excluding hydrogens is 244 g/mol. The van der Waals surface area contributed by atoms with Crippen LogP contribution in [0.15, 0.2) is 12.7 Å². The summed E-state index contributed by atoms with van der Waals surface area (Å²) >= 11 is 0. The van der Waals surface area contributed by atoms with Crippen molar-refractivity contribution in [1.29, 1.82) is 0 Å². The molecule has 19 heavy (non-hydrogen) atoms. The van der Waals surface area contributed by atoms with Crippen molar-refractivity contribution < 1.29 is 0 Å². The van der Waals surface area contributed by atoms with Crippen LogP contribution >= 0.6 is 0 Å². The number of hydrogen-bond donors (Lipinski definition) is 2. The average molecular weight is 260 g/mol. The number of aromatic nitrogens is 6. The zero-order valence-electron chi connectivity index (χ0n) is 10.5. The molecule has 3 rings (SSSR count). The van der Waals surface area contributed by atoms with Gasteiger partial charge in [-0.3, -0.25) is 0 Å². The zero-order valence-corrected chi connectivity index (χ0v) is 10.5. The van der Waals surface area contributed by atoms with E-state index in [4.69, 9.17) is 5.73 Å². The molecule has 1 aliphatic rings. The Labute approximate surface area is 110 Å². The van der Waals surface area contributed by atoms with Crippen LogP contribution in [0.25, 0.3) is 5.95 Å². The van der Waals surface area contributed by atoms with Crippen LogP contribution in [0.4, 0.5) is 11.9 Å². The van der Waals surface area contributed by atoms with Crippen molar-refractivity contribution in [2.75, 3.05) is 17.6 Å². The summed E-state index contributed by atoms with van der Waals surface area (Å²) < 4.78 is 1.46. The SMILES string of the molecule is Nc1nc(NCC2CCCC2)nc(-n2cncn2)n1. The van der Waals surface area contributed by atoms with E-state index < -0.39 is 0 Å². The van der Waals surface area contributed by atoms with Gasteiger partial charge in [0, 0.05) is 6.54 Å². The second kappa shape index (κ2) is 5.17. The van der Waals surface area contributed by atoms with Gasteiger partial charge in [0.15, 0.2) is 0 Å². The molecule has 1 aliphatic carbocycles. The highest BCUT2D eigenvalue weighted by Crippen LogP contribution is 2.24. The standard InChI is InChI=1S/C11H16N8/c12-9-16-10(14-5-8-3-1-2-4-8)18-11(17-9)19-7-13-6-15-19/h6-8H,1-5H2,(H3,12,14,16,17,18). The van der Waals surface area contributed by atoms with Crippen LogP contribution in [0, 0.1) is 5.92 Å². The van der Waals surface area contributed by atoms with Crippen LogP contribution in [-0.2, 0) is 0 Å². The third kappa shape index (κ3) is 2.78. The number of nitrogens with two attached hydrogens (primary N) is 1. The molecule has 3 N–H and O–H groups in total. The topological polar surface area (TPSA) is 107 Å². The molecule has 0 aromatic carbocycles. The number of nitrogens with one attached hydrogen (secondary N) is 1. The Morgan fingerprint density at radius 3 is 2.84 bits per heavy atom. The molecule has 8 nitrogen and oxygen atoms in total. The summed E-state index contributed by atoms with van der Waals surface area (Å²) in [7, 11) is 0. The summed E-state index contributed by atoms with van der Waals surface area (Å²) in [4.78, 5) is 16.3. The van der Waals surface area contributed by atoms with Crippen molar-refractivity contribution in [3.05, 3.63) is 12.7 Å². The average Bonchev–Trinajstić information content (AvgIpc) is 3.09. The maximum absolute atomic E-state index is 5.69. The molecule has 100 valence electrons.